The third-order valence-corrected chi connectivity index (χ3v) is 4.00. The maximum Gasteiger partial charge on any atom is 0.350 e. The zero-order chi connectivity index (χ0) is 17.2. The van der Waals surface area contributed by atoms with Crippen molar-refractivity contribution in [2.45, 2.75) is 32.7 Å². The summed E-state index contributed by atoms with van der Waals surface area (Å²) >= 11 is 1.08. The summed E-state index contributed by atoms with van der Waals surface area (Å²) in [5, 5.41) is 3.00. The van der Waals surface area contributed by atoms with Gasteiger partial charge < -0.3 is 14.9 Å². The van der Waals surface area contributed by atoms with Crippen LogP contribution in [0.5, 0.6) is 0 Å². The first-order chi connectivity index (χ1) is 10.8. The molecule has 2 aromatic rings. The topological polar surface area (TPSA) is 107 Å². The Morgan fingerprint density at radius 1 is 1.43 bits per heavy atom. The van der Waals surface area contributed by atoms with Crippen molar-refractivity contribution < 1.29 is 18.7 Å². The van der Waals surface area contributed by atoms with E-state index < -0.39 is 5.97 Å². The van der Waals surface area contributed by atoms with Gasteiger partial charge >= 0.3 is 5.97 Å². The average Bonchev–Trinajstić information content (AvgIpc) is 3.12. The molecule has 2 aromatic heterocycles. The summed E-state index contributed by atoms with van der Waals surface area (Å²) in [6.45, 7) is 6.02. The van der Waals surface area contributed by atoms with Gasteiger partial charge in [0.1, 0.15) is 16.9 Å². The maximum absolute atomic E-state index is 12.2. The summed E-state index contributed by atoms with van der Waals surface area (Å²) in [7, 11) is 1.31. The van der Waals surface area contributed by atoms with Gasteiger partial charge in [0.05, 0.1) is 24.9 Å². The molecule has 2 rings (SSSR count). The highest BCUT2D eigenvalue weighted by Gasteiger charge is 2.28. The number of rotatable bonds is 4. The number of hydrogen-bond acceptors (Lipinski definition) is 7. The van der Waals surface area contributed by atoms with Gasteiger partial charge in [0.25, 0.3) is 5.91 Å². The summed E-state index contributed by atoms with van der Waals surface area (Å²) in [6.07, 6.45) is 1.33. The molecule has 0 radical (unpaired) electrons. The third-order valence-electron chi connectivity index (χ3n) is 3.05. The van der Waals surface area contributed by atoms with Gasteiger partial charge in [-0.25, -0.2) is 9.78 Å². The number of nitrogens with two attached hydrogens (primary N) is 1. The molecular formula is C15H19N3O4S. The molecule has 0 spiro atoms. The summed E-state index contributed by atoms with van der Waals surface area (Å²) in [5.74, 6) is -0.333. The van der Waals surface area contributed by atoms with Gasteiger partial charge in [-0.1, -0.05) is 32.1 Å². The lowest BCUT2D eigenvalue weighted by molar-refractivity contribution is 0.0603. The summed E-state index contributed by atoms with van der Waals surface area (Å²) in [6, 6.07) is 1.56. The Bertz CT molecular complexity index is 727. The van der Waals surface area contributed by atoms with Gasteiger partial charge in [-0.3, -0.25) is 10.1 Å². The number of amides is 1. The zero-order valence-electron chi connectivity index (χ0n) is 13.4. The Morgan fingerprint density at radius 3 is 2.65 bits per heavy atom. The molecule has 0 aromatic carbocycles. The molecule has 0 bridgehead atoms. The minimum absolute atomic E-state index is 0.213. The molecule has 0 saturated carbocycles. The standard InChI is InChI=1S/C15H19N3O4S/c1-15(2,3)11-10(13(20)21-4)23-14(17-11)18-12(19)8-5-9(6-16)22-7-8/h5,7H,6,16H2,1-4H3,(H,17,18,19). The monoisotopic (exact) mass is 337 g/mol. The van der Waals surface area contributed by atoms with Crippen molar-refractivity contribution in [2.75, 3.05) is 12.4 Å². The van der Waals surface area contributed by atoms with Gasteiger partial charge in [-0.2, -0.15) is 0 Å². The quantitative estimate of drug-likeness (QED) is 0.830. The van der Waals surface area contributed by atoms with E-state index in [0.29, 0.717) is 27.0 Å². The Labute approximate surface area is 137 Å². The van der Waals surface area contributed by atoms with Crippen molar-refractivity contribution in [2.24, 2.45) is 5.73 Å². The van der Waals surface area contributed by atoms with Crippen LogP contribution in [-0.2, 0) is 16.7 Å². The SMILES string of the molecule is COC(=O)c1sc(NC(=O)c2coc(CN)c2)nc1C(C)(C)C. The summed E-state index contributed by atoms with van der Waals surface area (Å²) in [4.78, 5) is 28.8. The lowest BCUT2D eigenvalue weighted by Gasteiger charge is -2.16. The number of nitrogens with zero attached hydrogens (tertiary/aromatic N) is 1. The van der Waals surface area contributed by atoms with E-state index in [-0.39, 0.29) is 17.9 Å². The Morgan fingerprint density at radius 2 is 2.13 bits per heavy atom. The van der Waals surface area contributed by atoms with Crippen LogP contribution in [0.1, 0.15) is 52.3 Å². The number of ether oxygens (including phenoxy) is 1. The summed E-state index contributed by atoms with van der Waals surface area (Å²) in [5.41, 5.74) is 6.02. The lowest BCUT2D eigenvalue weighted by atomic mass is 9.91. The number of carbonyl (C=O) groups excluding carboxylic acids is 2. The van der Waals surface area contributed by atoms with Crippen LogP contribution in [0.3, 0.4) is 0 Å². The van der Waals surface area contributed by atoms with Crippen LogP contribution in [0.15, 0.2) is 16.7 Å². The highest BCUT2D eigenvalue weighted by Crippen LogP contribution is 2.32. The Balaban J connectivity index is 2.28. The number of nitrogens with one attached hydrogen (secondary N) is 1. The van der Waals surface area contributed by atoms with Crippen LogP contribution in [0, 0.1) is 0 Å². The van der Waals surface area contributed by atoms with Crippen molar-refractivity contribution in [3.63, 3.8) is 0 Å². The fraction of sp³-hybridized carbons (Fsp3) is 0.400. The second kappa shape index (κ2) is 6.51. The highest BCUT2D eigenvalue weighted by molar-refractivity contribution is 7.17. The minimum atomic E-state index is -0.471. The second-order valence-electron chi connectivity index (χ2n) is 5.90. The van der Waals surface area contributed by atoms with Crippen LogP contribution in [0.2, 0.25) is 0 Å². The maximum atomic E-state index is 12.2. The Kier molecular flexibility index (Phi) is 4.86. The number of anilines is 1. The fourth-order valence-corrected chi connectivity index (χ4v) is 2.98. The largest absolute Gasteiger partial charge is 0.467 e. The van der Waals surface area contributed by atoms with Crippen molar-refractivity contribution in [1.82, 2.24) is 4.98 Å². The molecular weight excluding hydrogens is 318 g/mol. The van der Waals surface area contributed by atoms with E-state index in [1.54, 1.807) is 6.07 Å². The number of aromatic nitrogens is 1. The first-order valence-corrected chi connectivity index (χ1v) is 7.76. The molecule has 0 aliphatic rings. The second-order valence-corrected chi connectivity index (χ2v) is 6.90. The Hall–Kier alpha value is -2.19. The van der Waals surface area contributed by atoms with Crippen molar-refractivity contribution in [1.29, 1.82) is 0 Å². The molecule has 1 amide bonds. The predicted octanol–water partition coefficient (Wildman–Crippen LogP) is 2.53. The van der Waals surface area contributed by atoms with E-state index in [1.807, 2.05) is 20.8 Å². The van der Waals surface area contributed by atoms with Crippen LogP contribution in [0.4, 0.5) is 5.13 Å². The van der Waals surface area contributed by atoms with Gasteiger partial charge in [-0.05, 0) is 6.07 Å². The van der Waals surface area contributed by atoms with Crippen molar-refractivity contribution in [3.05, 3.63) is 34.2 Å². The normalized spacial score (nSPS) is 11.3. The van der Waals surface area contributed by atoms with Gasteiger partial charge in [0.2, 0.25) is 0 Å². The van der Waals surface area contributed by atoms with Crippen molar-refractivity contribution in [3.8, 4) is 0 Å². The number of methoxy groups -OCH3 is 1. The van der Waals surface area contributed by atoms with E-state index in [4.69, 9.17) is 14.9 Å². The molecule has 7 nitrogen and oxygen atoms in total. The van der Waals surface area contributed by atoms with Gasteiger partial charge in [0, 0.05) is 5.41 Å². The zero-order valence-corrected chi connectivity index (χ0v) is 14.2. The fourth-order valence-electron chi connectivity index (χ4n) is 1.89. The van der Waals surface area contributed by atoms with E-state index in [2.05, 4.69) is 10.3 Å². The summed E-state index contributed by atoms with van der Waals surface area (Å²) < 4.78 is 9.92. The van der Waals surface area contributed by atoms with Gasteiger partial charge in [-0.15, -0.1) is 0 Å². The molecule has 124 valence electrons. The molecule has 2 heterocycles. The molecule has 0 unspecified atom stereocenters. The molecule has 0 saturated heterocycles. The molecule has 3 N–H and O–H groups in total. The predicted molar refractivity (Wildman–Crippen MR) is 86.7 cm³/mol. The smallest absolute Gasteiger partial charge is 0.350 e. The molecule has 0 aliphatic carbocycles. The van der Waals surface area contributed by atoms with E-state index in [9.17, 15) is 9.59 Å². The van der Waals surface area contributed by atoms with Gasteiger partial charge in [0.15, 0.2) is 5.13 Å². The average molecular weight is 337 g/mol. The highest BCUT2D eigenvalue weighted by atomic mass is 32.1. The first kappa shape index (κ1) is 17.2. The van der Waals surface area contributed by atoms with E-state index in [1.165, 1.54) is 13.4 Å². The van der Waals surface area contributed by atoms with Crippen LogP contribution < -0.4 is 11.1 Å². The lowest BCUT2D eigenvalue weighted by Crippen LogP contribution is -2.17. The van der Waals surface area contributed by atoms with Crippen LogP contribution in [-0.4, -0.2) is 24.0 Å². The molecule has 0 aliphatic heterocycles. The number of carbonyl (C=O) groups is 2. The van der Waals surface area contributed by atoms with E-state index in [0.717, 1.165) is 11.3 Å². The third kappa shape index (κ3) is 3.77. The number of furan rings is 1. The number of hydrogen-bond donors (Lipinski definition) is 2. The van der Waals surface area contributed by atoms with Crippen LogP contribution >= 0.6 is 11.3 Å². The van der Waals surface area contributed by atoms with Crippen molar-refractivity contribution >= 4 is 28.3 Å². The van der Waals surface area contributed by atoms with Crippen LogP contribution in [0.25, 0.3) is 0 Å². The van der Waals surface area contributed by atoms with E-state index >= 15 is 0 Å². The number of thiazole rings is 1. The molecule has 0 fully saturated rings. The molecule has 23 heavy (non-hydrogen) atoms. The molecule has 8 heteroatoms. The molecule has 0 atom stereocenters. The first-order valence-electron chi connectivity index (χ1n) is 6.94. The number of esters is 1. The minimum Gasteiger partial charge on any atom is -0.467 e.